The van der Waals surface area contributed by atoms with Crippen molar-refractivity contribution in [3.05, 3.63) is 53.3 Å². The molecule has 0 bridgehead atoms. The minimum absolute atomic E-state index is 0.151. The summed E-state index contributed by atoms with van der Waals surface area (Å²) in [5, 5.41) is 14.3. The van der Waals surface area contributed by atoms with Crippen LogP contribution in [0.2, 0.25) is 0 Å². The van der Waals surface area contributed by atoms with Crippen molar-refractivity contribution in [3.63, 3.8) is 0 Å². The Labute approximate surface area is 132 Å². The number of carbonyl (C=O) groups excluding carboxylic acids is 1. The zero-order valence-electron chi connectivity index (χ0n) is 12.8. The highest BCUT2D eigenvalue weighted by molar-refractivity contribution is 6.04. The first kappa shape index (κ1) is 14.7. The van der Waals surface area contributed by atoms with Gasteiger partial charge in [-0.3, -0.25) is 0 Å². The topological polar surface area (TPSA) is 80.8 Å². The summed E-state index contributed by atoms with van der Waals surface area (Å²) < 4.78 is 6.73. The van der Waals surface area contributed by atoms with Crippen LogP contribution in [0.5, 0.6) is 0 Å². The number of aromatic nitrogens is 3. The predicted molar refractivity (Wildman–Crippen MR) is 84.3 cm³/mol. The molecule has 0 atom stereocenters. The third-order valence-corrected chi connectivity index (χ3v) is 3.42. The van der Waals surface area contributed by atoms with Gasteiger partial charge < -0.3 is 4.74 Å². The summed E-state index contributed by atoms with van der Waals surface area (Å²) in [5.74, 6) is -0.480. The molecule has 0 aliphatic rings. The van der Waals surface area contributed by atoms with Crippen molar-refractivity contribution in [3.8, 4) is 11.8 Å². The van der Waals surface area contributed by atoms with Crippen LogP contribution in [0.1, 0.15) is 28.7 Å². The zero-order chi connectivity index (χ0) is 16.4. The Morgan fingerprint density at radius 3 is 2.74 bits per heavy atom. The first-order valence-electron chi connectivity index (χ1n) is 7.18. The summed E-state index contributed by atoms with van der Waals surface area (Å²) in [6.45, 7) is 3.80. The number of para-hydroxylation sites is 1. The molecular weight excluding hydrogens is 292 g/mol. The normalized spacial score (nSPS) is 10.5. The second-order valence-electron chi connectivity index (χ2n) is 4.92. The largest absolute Gasteiger partial charge is 0.462 e. The van der Waals surface area contributed by atoms with Crippen LogP contribution in [0.15, 0.2) is 36.4 Å². The minimum Gasteiger partial charge on any atom is -0.462 e. The first-order chi connectivity index (χ1) is 11.2. The van der Waals surface area contributed by atoms with Gasteiger partial charge in [0, 0.05) is 0 Å². The summed E-state index contributed by atoms with van der Waals surface area (Å²) in [4.78, 5) is 16.6. The molecule has 0 aliphatic heterocycles. The minimum atomic E-state index is -0.480. The summed E-state index contributed by atoms with van der Waals surface area (Å²) >= 11 is 0. The van der Waals surface area contributed by atoms with Gasteiger partial charge in [0.05, 0.1) is 28.9 Å². The molecule has 2 heterocycles. The van der Waals surface area contributed by atoms with E-state index in [9.17, 15) is 10.1 Å². The van der Waals surface area contributed by atoms with E-state index in [1.807, 2.05) is 36.4 Å². The summed E-state index contributed by atoms with van der Waals surface area (Å²) in [7, 11) is 0. The molecule has 6 heteroatoms. The van der Waals surface area contributed by atoms with Crippen LogP contribution in [0, 0.1) is 18.3 Å². The fourth-order valence-electron chi connectivity index (χ4n) is 2.47. The number of hydrogen-bond acceptors (Lipinski definition) is 5. The van der Waals surface area contributed by atoms with Gasteiger partial charge in [-0.15, -0.1) is 0 Å². The molecule has 0 saturated heterocycles. The van der Waals surface area contributed by atoms with E-state index in [-0.39, 0.29) is 12.3 Å². The van der Waals surface area contributed by atoms with Crippen LogP contribution in [-0.4, -0.2) is 27.3 Å². The number of hydrogen-bond donors (Lipinski definition) is 0. The number of nitrogens with zero attached hydrogens (tertiary/aromatic N) is 4. The Morgan fingerprint density at radius 2 is 2.09 bits per heavy atom. The Morgan fingerprint density at radius 1 is 1.35 bits per heavy atom. The number of ether oxygens (including phenoxy) is 1. The van der Waals surface area contributed by atoms with Gasteiger partial charge in [-0.1, -0.05) is 18.2 Å². The highest BCUT2D eigenvalue weighted by atomic mass is 16.5. The van der Waals surface area contributed by atoms with Gasteiger partial charge in [-0.25, -0.2) is 14.5 Å². The molecule has 0 fully saturated rings. The summed E-state index contributed by atoms with van der Waals surface area (Å²) in [6, 6.07) is 12.9. The number of fused-ring (bicyclic) bond motifs is 1. The molecule has 6 nitrogen and oxygen atoms in total. The van der Waals surface area contributed by atoms with E-state index in [1.165, 1.54) is 6.07 Å². The van der Waals surface area contributed by atoms with Gasteiger partial charge in [0.15, 0.2) is 5.65 Å². The van der Waals surface area contributed by atoms with E-state index < -0.39 is 5.97 Å². The second-order valence-corrected chi connectivity index (χ2v) is 4.92. The molecule has 23 heavy (non-hydrogen) atoms. The number of aryl methyl sites for hydroxylation is 1. The number of esters is 1. The maximum atomic E-state index is 12.2. The maximum absolute atomic E-state index is 12.2. The molecule has 114 valence electrons. The molecule has 3 rings (SSSR count). The average Bonchev–Trinajstić information content (AvgIpc) is 2.92. The van der Waals surface area contributed by atoms with E-state index in [1.54, 1.807) is 18.5 Å². The molecule has 0 aliphatic carbocycles. The van der Waals surface area contributed by atoms with Crippen LogP contribution in [-0.2, 0) is 4.74 Å². The quantitative estimate of drug-likeness (QED) is 0.695. The van der Waals surface area contributed by atoms with Gasteiger partial charge in [0.2, 0.25) is 0 Å². The Kier molecular flexibility index (Phi) is 3.77. The fourth-order valence-corrected chi connectivity index (χ4v) is 2.47. The van der Waals surface area contributed by atoms with Crippen LogP contribution < -0.4 is 0 Å². The van der Waals surface area contributed by atoms with Crippen molar-refractivity contribution in [1.82, 2.24) is 14.8 Å². The maximum Gasteiger partial charge on any atom is 0.339 e. The SMILES string of the molecule is CCOC(=O)c1cc(C#N)nc2c1c(C)nn2-c1ccccc1. The highest BCUT2D eigenvalue weighted by Crippen LogP contribution is 2.25. The fraction of sp³-hybridized carbons (Fsp3) is 0.176. The number of rotatable bonds is 3. The average molecular weight is 306 g/mol. The van der Waals surface area contributed by atoms with E-state index >= 15 is 0 Å². The monoisotopic (exact) mass is 306 g/mol. The van der Waals surface area contributed by atoms with Gasteiger partial charge in [0.25, 0.3) is 0 Å². The molecule has 0 saturated carbocycles. The molecule has 0 N–H and O–H groups in total. The molecule has 0 amide bonds. The first-order valence-corrected chi connectivity index (χ1v) is 7.18. The van der Waals surface area contributed by atoms with Crippen LogP contribution in [0.4, 0.5) is 0 Å². The van der Waals surface area contributed by atoms with E-state index in [4.69, 9.17) is 4.74 Å². The van der Waals surface area contributed by atoms with E-state index in [2.05, 4.69) is 10.1 Å². The lowest BCUT2D eigenvalue weighted by molar-refractivity contribution is 0.0528. The van der Waals surface area contributed by atoms with Crippen molar-refractivity contribution in [2.24, 2.45) is 0 Å². The number of carbonyl (C=O) groups is 1. The molecule has 0 unspecified atom stereocenters. The van der Waals surface area contributed by atoms with Crippen LogP contribution in [0.25, 0.3) is 16.7 Å². The number of pyridine rings is 1. The highest BCUT2D eigenvalue weighted by Gasteiger charge is 2.21. The Balaban J connectivity index is 2.33. The van der Waals surface area contributed by atoms with Crippen LogP contribution in [0.3, 0.4) is 0 Å². The van der Waals surface area contributed by atoms with Crippen LogP contribution >= 0.6 is 0 Å². The lowest BCUT2D eigenvalue weighted by Crippen LogP contribution is -2.07. The van der Waals surface area contributed by atoms with Crippen molar-refractivity contribution in [2.75, 3.05) is 6.61 Å². The molecular formula is C17H14N4O2. The third kappa shape index (κ3) is 2.53. The summed E-state index contributed by atoms with van der Waals surface area (Å²) in [5.41, 5.74) is 2.40. The van der Waals surface area contributed by atoms with E-state index in [0.717, 1.165) is 5.69 Å². The third-order valence-electron chi connectivity index (χ3n) is 3.42. The molecule has 0 spiro atoms. The van der Waals surface area contributed by atoms with Gasteiger partial charge in [-0.05, 0) is 32.0 Å². The number of nitriles is 1. The van der Waals surface area contributed by atoms with Crippen molar-refractivity contribution in [2.45, 2.75) is 13.8 Å². The van der Waals surface area contributed by atoms with E-state index in [0.29, 0.717) is 22.3 Å². The zero-order valence-corrected chi connectivity index (χ0v) is 12.8. The molecule has 1 aromatic carbocycles. The second kappa shape index (κ2) is 5.89. The van der Waals surface area contributed by atoms with Gasteiger partial charge in [-0.2, -0.15) is 10.4 Å². The summed E-state index contributed by atoms with van der Waals surface area (Å²) in [6.07, 6.45) is 0. The van der Waals surface area contributed by atoms with Crippen molar-refractivity contribution in [1.29, 1.82) is 5.26 Å². The molecule has 2 aromatic heterocycles. The molecule has 3 aromatic rings. The lowest BCUT2D eigenvalue weighted by atomic mass is 10.1. The lowest BCUT2D eigenvalue weighted by Gasteiger charge is -2.06. The smallest absolute Gasteiger partial charge is 0.339 e. The Bertz CT molecular complexity index is 923. The predicted octanol–water partition coefficient (Wildman–Crippen LogP) is 2.78. The standard InChI is InChI=1S/C17H14N4O2/c1-3-23-17(22)14-9-12(10-18)19-16-15(14)11(2)20-21(16)13-7-5-4-6-8-13/h4-9H,3H2,1-2H3. The van der Waals surface area contributed by atoms with Crippen molar-refractivity contribution >= 4 is 17.0 Å². The van der Waals surface area contributed by atoms with Gasteiger partial charge >= 0.3 is 5.97 Å². The van der Waals surface area contributed by atoms with Crippen molar-refractivity contribution < 1.29 is 9.53 Å². The Hall–Kier alpha value is -3.20. The van der Waals surface area contributed by atoms with Gasteiger partial charge in [0.1, 0.15) is 11.8 Å². The molecule has 0 radical (unpaired) electrons. The number of benzene rings is 1.